The number of urea groups is 1. The predicted molar refractivity (Wildman–Crippen MR) is 129 cm³/mol. The number of imide groups is 1. The van der Waals surface area contributed by atoms with Gasteiger partial charge in [0, 0.05) is 10.9 Å². The van der Waals surface area contributed by atoms with Crippen molar-refractivity contribution in [2.45, 2.75) is 30.9 Å². The third-order valence-corrected chi connectivity index (χ3v) is 5.63. The lowest BCUT2D eigenvalue weighted by Gasteiger charge is -2.26. The Kier molecular flexibility index (Phi) is 9.36. The van der Waals surface area contributed by atoms with E-state index in [1.165, 1.54) is 11.8 Å². The smallest absolute Gasteiger partial charge is 0.339 e. The normalized spacial score (nSPS) is 14.1. The van der Waals surface area contributed by atoms with Gasteiger partial charge in [0.25, 0.3) is 5.91 Å². The first kappa shape index (κ1) is 25.9. The summed E-state index contributed by atoms with van der Waals surface area (Å²) in [6, 6.07) is 13.1. The van der Waals surface area contributed by atoms with Crippen molar-refractivity contribution in [3.05, 3.63) is 54.1 Å². The van der Waals surface area contributed by atoms with Gasteiger partial charge in [-0.3, -0.25) is 14.9 Å². The molecule has 2 aromatic rings. The lowest BCUT2D eigenvalue weighted by Crippen LogP contribution is -2.46. The number of amides is 4. The minimum absolute atomic E-state index is 0.0132. The second-order valence-electron chi connectivity index (χ2n) is 7.84. The van der Waals surface area contributed by atoms with Crippen molar-refractivity contribution >= 4 is 35.6 Å². The molecule has 1 aliphatic rings. The molecule has 0 radical (unpaired) electrons. The molecule has 2 aromatic carbocycles. The van der Waals surface area contributed by atoms with Gasteiger partial charge in [0.05, 0.1) is 17.9 Å². The Labute approximate surface area is 207 Å². The average Bonchev–Trinajstić information content (AvgIpc) is 2.84. The molecule has 0 aromatic heterocycles. The largest absolute Gasteiger partial charge is 0.486 e. The summed E-state index contributed by atoms with van der Waals surface area (Å²) in [5, 5.41) is 7.40. The Bertz CT molecular complexity index is 1080. The van der Waals surface area contributed by atoms with Gasteiger partial charge in [-0.1, -0.05) is 24.3 Å². The number of carbonyl (C=O) groups excluding carboxylic acids is 4. The highest BCUT2D eigenvalue weighted by molar-refractivity contribution is 8.00. The molecule has 0 saturated heterocycles. The van der Waals surface area contributed by atoms with Crippen LogP contribution < -0.4 is 25.4 Å². The van der Waals surface area contributed by atoms with Gasteiger partial charge in [-0.2, -0.15) is 0 Å². The van der Waals surface area contributed by atoms with Gasteiger partial charge in [0.1, 0.15) is 6.61 Å². The number of nitrogens with one attached hydrogen (secondary N) is 3. The zero-order valence-electron chi connectivity index (χ0n) is 19.4. The van der Waals surface area contributed by atoms with Crippen LogP contribution in [0.2, 0.25) is 0 Å². The van der Waals surface area contributed by atoms with Crippen molar-refractivity contribution in [2.75, 3.05) is 25.5 Å². The summed E-state index contributed by atoms with van der Waals surface area (Å²) in [6.45, 7) is 3.43. The molecule has 11 heteroatoms. The second-order valence-corrected chi connectivity index (χ2v) is 8.86. The van der Waals surface area contributed by atoms with E-state index in [4.69, 9.17) is 14.2 Å². The van der Waals surface area contributed by atoms with Gasteiger partial charge in [0.2, 0.25) is 5.91 Å². The number of carbonyl (C=O) groups is 4. The minimum Gasteiger partial charge on any atom is -0.486 e. The molecule has 4 amide bonds. The fourth-order valence-electron chi connectivity index (χ4n) is 3.05. The van der Waals surface area contributed by atoms with Crippen molar-refractivity contribution in [1.82, 2.24) is 16.0 Å². The fraction of sp³-hybridized carbons (Fsp3) is 0.333. The molecule has 0 aliphatic carbocycles. The van der Waals surface area contributed by atoms with Crippen LogP contribution in [0.25, 0.3) is 0 Å². The number of fused-ring (bicyclic) bond motifs is 1. The van der Waals surface area contributed by atoms with Crippen molar-refractivity contribution in [2.24, 2.45) is 0 Å². The number of hydrogen-bond acceptors (Lipinski definition) is 8. The Morgan fingerprint density at radius 2 is 1.74 bits per heavy atom. The Balaban J connectivity index is 1.40. The van der Waals surface area contributed by atoms with E-state index in [9.17, 15) is 19.2 Å². The fourth-order valence-corrected chi connectivity index (χ4v) is 3.91. The zero-order chi connectivity index (χ0) is 25.2. The molecular weight excluding hydrogens is 474 g/mol. The van der Waals surface area contributed by atoms with Crippen molar-refractivity contribution in [3.63, 3.8) is 0 Å². The molecule has 1 aliphatic heterocycles. The Morgan fingerprint density at radius 3 is 2.51 bits per heavy atom. The van der Waals surface area contributed by atoms with Crippen molar-refractivity contribution < 1.29 is 33.4 Å². The molecule has 35 heavy (non-hydrogen) atoms. The van der Waals surface area contributed by atoms with E-state index >= 15 is 0 Å². The van der Waals surface area contributed by atoms with E-state index in [2.05, 4.69) is 16.0 Å². The molecular formula is C24H27N3O7S. The van der Waals surface area contributed by atoms with Crippen molar-refractivity contribution in [1.29, 1.82) is 0 Å². The molecule has 0 fully saturated rings. The van der Waals surface area contributed by atoms with Gasteiger partial charge < -0.3 is 24.8 Å². The van der Waals surface area contributed by atoms with Crippen LogP contribution in [-0.2, 0) is 14.3 Å². The lowest BCUT2D eigenvalue weighted by atomic mass is 10.2. The molecule has 0 bridgehead atoms. The van der Waals surface area contributed by atoms with E-state index in [-0.39, 0.29) is 36.4 Å². The first-order chi connectivity index (χ1) is 16.8. The van der Waals surface area contributed by atoms with E-state index in [0.29, 0.717) is 16.4 Å². The number of thioether (sulfide) groups is 1. The number of hydrogen-bond donors (Lipinski definition) is 3. The highest BCUT2D eigenvalue weighted by atomic mass is 32.2. The van der Waals surface area contributed by atoms with Crippen LogP contribution in [0.3, 0.4) is 0 Å². The predicted octanol–water partition coefficient (Wildman–Crippen LogP) is 2.13. The first-order valence-electron chi connectivity index (χ1n) is 11.0. The number of rotatable bonds is 9. The molecule has 1 unspecified atom stereocenters. The third kappa shape index (κ3) is 8.21. The SMILES string of the molecule is CC(C)NC(=O)CSc1ccccc1C(=O)OCC(=O)NC(=O)NCC1COc2ccccc2O1. The number of benzene rings is 2. The van der Waals surface area contributed by atoms with Crippen LogP contribution in [0, 0.1) is 0 Å². The number of esters is 1. The van der Waals surface area contributed by atoms with Crippen LogP contribution in [0.4, 0.5) is 4.79 Å². The lowest BCUT2D eigenvalue weighted by molar-refractivity contribution is -0.123. The maximum absolute atomic E-state index is 12.5. The molecule has 3 rings (SSSR count). The topological polar surface area (TPSA) is 132 Å². The standard InChI is InChI=1S/C24H27N3O7S/c1-15(2)26-22(29)14-35-20-10-6-3-7-17(20)23(30)33-13-21(28)27-24(31)25-11-16-12-32-18-8-4-5-9-19(18)34-16/h3-10,15-16H,11-14H2,1-2H3,(H,26,29)(H2,25,27,28,31). The summed E-state index contributed by atoms with van der Waals surface area (Å²) < 4.78 is 16.3. The molecule has 186 valence electrons. The van der Waals surface area contributed by atoms with E-state index in [0.717, 1.165) is 0 Å². The summed E-state index contributed by atoms with van der Waals surface area (Å²) in [5.41, 5.74) is 0.224. The van der Waals surface area contributed by atoms with Gasteiger partial charge in [-0.15, -0.1) is 11.8 Å². The van der Waals surface area contributed by atoms with Crippen LogP contribution >= 0.6 is 11.8 Å². The van der Waals surface area contributed by atoms with Crippen LogP contribution in [0.5, 0.6) is 11.5 Å². The molecule has 0 spiro atoms. The molecule has 0 saturated carbocycles. The van der Waals surface area contributed by atoms with Gasteiger partial charge in [0.15, 0.2) is 24.2 Å². The van der Waals surface area contributed by atoms with Crippen LogP contribution in [0.1, 0.15) is 24.2 Å². The number of para-hydroxylation sites is 2. The second kappa shape index (κ2) is 12.7. The highest BCUT2D eigenvalue weighted by Crippen LogP contribution is 2.30. The Hall–Kier alpha value is -3.73. The number of ether oxygens (including phenoxy) is 3. The molecule has 3 N–H and O–H groups in total. The summed E-state index contributed by atoms with van der Waals surface area (Å²) in [5.74, 6) is -0.350. The maximum Gasteiger partial charge on any atom is 0.339 e. The summed E-state index contributed by atoms with van der Waals surface area (Å²) in [4.78, 5) is 48.9. The monoisotopic (exact) mass is 501 g/mol. The van der Waals surface area contributed by atoms with Crippen molar-refractivity contribution in [3.8, 4) is 11.5 Å². The highest BCUT2D eigenvalue weighted by Gasteiger charge is 2.22. The zero-order valence-corrected chi connectivity index (χ0v) is 20.2. The molecule has 10 nitrogen and oxygen atoms in total. The van der Waals surface area contributed by atoms with E-state index in [1.807, 2.05) is 26.0 Å². The van der Waals surface area contributed by atoms with Gasteiger partial charge in [-0.05, 0) is 38.1 Å². The third-order valence-electron chi connectivity index (χ3n) is 4.56. The summed E-state index contributed by atoms with van der Waals surface area (Å²) in [6.07, 6.45) is -0.416. The summed E-state index contributed by atoms with van der Waals surface area (Å²) >= 11 is 1.19. The average molecular weight is 502 g/mol. The van der Waals surface area contributed by atoms with Crippen LogP contribution in [-0.4, -0.2) is 61.5 Å². The maximum atomic E-state index is 12.5. The van der Waals surface area contributed by atoms with Gasteiger partial charge >= 0.3 is 12.0 Å². The quantitative estimate of drug-likeness (QED) is 0.352. The van der Waals surface area contributed by atoms with E-state index < -0.39 is 30.6 Å². The first-order valence-corrected chi connectivity index (χ1v) is 11.9. The van der Waals surface area contributed by atoms with E-state index in [1.54, 1.807) is 36.4 Å². The molecule has 1 heterocycles. The minimum atomic E-state index is -0.788. The molecule has 1 atom stereocenters. The summed E-state index contributed by atoms with van der Waals surface area (Å²) in [7, 11) is 0. The van der Waals surface area contributed by atoms with Gasteiger partial charge in [-0.25, -0.2) is 9.59 Å². The van der Waals surface area contributed by atoms with Crippen LogP contribution in [0.15, 0.2) is 53.4 Å². The Morgan fingerprint density at radius 1 is 1.03 bits per heavy atom.